The summed E-state index contributed by atoms with van der Waals surface area (Å²) in [6, 6.07) is 5.81. The molecule has 1 amide bonds. The fourth-order valence-corrected chi connectivity index (χ4v) is 1.98. The van der Waals surface area contributed by atoms with E-state index in [-0.39, 0.29) is 5.91 Å². The molecule has 0 aliphatic heterocycles. The van der Waals surface area contributed by atoms with E-state index in [1.807, 2.05) is 32.2 Å². The van der Waals surface area contributed by atoms with Gasteiger partial charge in [-0.2, -0.15) is 0 Å². The lowest BCUT2D eigenvalue weighted by molar-refractivity contribution is -0.120. The lowest BCUT2D eigenvalue weighted by Gasteiger charge is -2.21. The zero-order valence-corrected chi connectivity index (χ0v) is 11.8. The Morgan fingerprint density at radius 2 is 2.17 bits per heavy atom. The van der Waals surface area contributed by atoms with Crippen molar-refractivity contribution < 1.29 is 4.79 Å². The first kappa shape index (κ1) is 14.8. The van der Waals surface area contributed by atoms with Gasteiger partial charge in [-0.25, -0.2) is 0 Å². The Hall–Kier alpha value is -1.26. The van der Waals surface area contributed by atoms with Crippen LogP contribution >= 0.6 is 11.6 Å². The highest BCUT2D eigenvalue weighted by Crippen LogP contribution is 2.22. The second kappa shape index (κ2) is 7.24. The second-order valence-electron chi connectivity index (χ2n) is 4.23. The zero-order valence-electron chi connectivity index (χ0n) is 11.1. The molecule has 2 N–H and O–H groups in total. The molecule has 0 saturated heterocycles. The van der Waals surface area contributed by atoms with Crippen molar-refractivity contribution in [1.82, 2.24) is 10.6 Å². The Balaban J connectivity index is 2.45. The first-order chi connectivity index (χ1) is 8.54. The van der Waals surface area contributed by atoms with Crippen LogP contribution in [0.4, 0.5) is 5.69 Å². The number of nitrogens with zero attached hydrogens (tertiary/aromatic N) is 1. The van der Waals surface area contributed by atoms with Crippen LogP contribution < -0.4 is 15.5 Å². The van der Waals surface area contributed by atoms with Gasteiger partial charge in [-0.15, -0.1) is 0 Å². The molecular weight excluding hydrogens is 250 g/mol. The fourth-order valence-electron chi connectivity index (χ4n) is 1.75. The number of hydrogen-bond acceptors (Lipinski definition) is 3. The number of hydrogen-bond donors (Lipinski definition) is 2. The van der Waals surface area contributed by atoms with Crippen molar-refractivity contribution in [2.75, 3.05) is 38.6 Å². The first-order valence-electron chi connectivity index (χ1n) is 5.93. The number of carbonyl (C=O) groups is 1. The average Bonchev–Trinajstić information content (AvgIpc) is 2.29. The van der Waals surface area contributed by atoms with Crippen molar-refractivity contribution >= 4 is 23.2 Å². The molecule has 100 valence electrons. The number of aryl methyl sites for hydroxylation is 1. The van der Waals surface area contributed by atoms with E-state index in [1.54, 1.807) is 7.05 Å². The fraction of sp³-hybridized carbons (Fsp3) is 0.462. The van der Waals surface area contributed by atoms with Crippen LogP contribution in [0.25, 0.3) is 0 Å². The van der Waals surface area contributed by atoms with Crippen LogP contribution in [0.5, 0.6) is 0 Å². The molecule has 0 saturated carbocycles. The largest absolute Gasteiger partial charge is 0.373 e. The molecule has 0 heterocycles. The van der Waals surface area contributed by atoms with Crippen molar-refractivity contribution in [3.05, 3.63) is 28.8 Å². The molecule has 1 aromatic carbocycles. The molecule has 0 unspecified atom stereocenters. The molecule has 0 aromatic heterocycles. The molecule has 1 aromatic rings. The summed E-state index contributed by atoms with van der Waals surface area (Å²) in [5.74, 6) is 0.0127. The van der Waals surface area contributed by atoms with Gasteiger partial charge in [0.25, 0.3) is 0 Å². The molecule has 0 atom stereocenters. The number of rotatable bonds is 6. The SMILES string of the molecule is CNCC(=O)NCCN(C)c1ccc(Cl)cc1C. The molecule has 0 spiro atoms. The Morgan fingerprint density at radius 1 is 1.44 bits per heavy atom. The van der Waals surface area contributed by atoms with Gasteiger partial charge in [0.2, 0.25) is 5.91 Å². The number of likely N-dealkylation sites (N-methyl/N-ethyl adjacent to an activating group) is 2. The van der Waals surface area contributed by atoms with Gasteiger partial charge in [0.1, 0.15) is 0 Å². The van der Waals surface area contributed by atoms with Crippen molar-refractivity contribution in [2.45, 2.75) is 6.92 Å². The van der Waals surface area contributed by atoms with Gasteiger partial charge in [0, 0.05) is 30.8 Å². The lowest BCUT2D eigenvalue weighted by atomic mass is 10.2. The number of carbonyl (C=O) groups excluding carboxylic acids is 1. The van der Waals surface area contributed by atoms with E-state index < -0.39 is 0 Å². The highest BCUT2D eigenvalue weighted by atomic mass is 35.5. The third kappa shape index (κ3) is 4.55. The minimum absolute atomic E-state index is 0.0127. The van der Waals surface area contributed by atoms with Crippen molar-refractivity contribution in [1.29, 1.82) is 0 Å². The van der Waals surface area contributed by atoms with Gasteiger partial charge in [-0.1, -0.05) is 11.6 Å². The van der Waals surface area contributed by atoms with Gasteiger partial charge < -0.3 is 15.5 Å². The third-order valence-electron chi connectivity index (χ3n) is 2.68. The van der Waals surface area contributed by atoms with Crippen LogP contribution in [0.15, 0.2) is 18.2 Å². The van der Waals surface area contributed by atoms with E-state index in [0.29, 0.717) is 13.1 Å². The van der Waals surface area contributed by atoms with Crippen LogP contribution in [0.3, 0.4) is 0 Å². The topological polar surface area (TPSA) is 44.4 Å². The molecule has 18 heavy (non-hydrogen) atoms. The van der Waals surface area contributed by atoms with Crippen LogP contribution in [-0.2, 0) is 4.79 Å². The average molecular weight is 270 g/mol. The smallest absolute Gasteiger partial charge is 0.234 e. The Bertz CT molecular complexity index is 409. The third-order valence-corrected chi connectivity index (χ3v) is 2.91. The van der Waals surface area contributed by atoms with Gasteiger partial charge in [-0.3, -0.25) is 4.79 Å². The monoisotopic (exact) mass is 269 g/mol. The molecule has 5 heteroatoms. The van der Waals surface area contributed by atoms with Crippen molar-refractivity contribution in [3.8, 4) is 0 Å². The van der Waals surface area contributed by atoms with E-state index in [2.05, 4.69) is 15.5 Å². The molecule has 0 aliphatic rings. The summed E-state index contributed by atoms with van der Waals surface area (Å²) >= 11 is 5.92. The summed E-state index contributed by atoms with van der Waals surface area (Å²) in [6.07, 6.45) is 0. The van der Waals surface area contributed by atoms with E-state index in [4.69, 9.17) is 11.6 Å². The summed E-state index contributed by atoms with van der Waals surface area (Å²) in [5.41, 5.74) is 2.26. The summed E-state index contributed by atoms with van der Waals surface area (Å²) in [6.45, 7) is 3.76. The number of benzene rings is 1. The van der Waals surface area contributed by atoms with E-state index >= 15 is 0 Å². The van der Waals surface area contributed by atoms with Crippen LogP contribution in [0, 0.1) is 6.92 Å². The van der Waals surface area contributed by atoms with Gasteiger partial charge in [0.15, 0.2) is 0 Å². The van der Waals surface area contributed by atoms with Crippen molar-refractivity contribution in [2.24, 2.45) is 0 Å². The minimum Gasteiger partial charge on any atom is -0.373 e. The minimum atomic E-state index is 0.0127. The first-order valence-corrected chi connectivity index (χ1v) is 6.31. The number of anilines is 1. The number of amides is 1. The summed E-state index contributed by atoms with van der Waals surface area (Å²) in [4.78, 5) is 13.4. The van der Waals surface area contributed by atoms with Crippen LogP contribution in [0.2, 0.25) is 5.02 Å². The van der Waals surface area contributed by atoms with Gasteiger partial charge in [-0.05, 0) is 37.7 Å². The number of nitrogens with one attached hydrogen (secondary N) is 2. The molecule has 0 radical (unpaired) electrons. The van der Waals surface area contributed by atoms with Crippen molar-refractivity contribution in [3.63, 3.8) is 0 Å². The number of halogens is 1. The zero-order chi connectivity index (χ0) is 13.5. The molecule has 1 rings (SSSR count). The normalized spacial score (nSPS) is 10.2. The van der Waals surface area contributed by atoms with E-state index in [9.17, 15) is 4.79 Å². The van der Waals surface area contributed by atoms with Crippen LogP contribution in [-0.4, -0.2) is 39.6 Å². The highest BCUT2D eigenvalue weighted by molar-refractivity contribution is 6.30. The maximum Gasteiger partial charge on any atom is 0.234 e. The summed E-state index contributed by atoms with van der Waals surface area (Å²) in [5, 5.41) is 6.40. The summed E-state index contributed by atoms with van der Waals surface area (Å²) in [7, 11) is 3.75. The maximum absolute atomic E-state index is 11.3. The Morgan fingerprint density at radius 3 is 2.78 bits per heavy atom. The lowest BCUT2D eigenvalue weighted by Crippen LogP contribution is -2.37. The molecule has 0 bridgehead atoms. The summed E-state index contributed by atoms with van der Waals surface area (Å²) < 4.78 is 0. The molecule has 0 aliphatic carbocycles. The molecule has 0 fully saturated rings. The highest BCUT2D eigenvalue weighted by Gasteiger charge is 2.05. The molecule has 4 nitrogen and oxygen atoms in total. The standard InChI is InChI=1S/C13H20ClN3O/c1-10-8-11(14)4-5-12(10)17(3)7-6-16-13(18)9-15-2/h4-5,8,15H,6-7,9H2,1-3H3,(H,16,18). The van der Waals surface area contributed by atoms with Crippen LogP contribution in [0.1, 0.15) is 5.56 Å². The second-order valence-corrected chi connectivity index (χ2v) is 4.67. The van der Waals surface area contributed by atoms with Gasteiger partial charge in [0.05, 0.1) is 6.54 Å². The predicted octanol–water partition coefficient (Wildman–Crippen LogP) is 1.42. The van der Waals surface area contributed by atoms with E-state index in [0.717, 1.165) is 22.8 Å². The van der Waals surface area contributed by atoms with E-state index in [1.165, 1.54) is 0 Å². The van der Waals surface area contributed by atoms with Gasteiger partial charge >= 0.3 is 0 Å². The molecular formula is C13H20ClN3O. The quantitative estimate of drug-likeness (QED) is 0.821. The predicted molar refractivity (Wildman–Crippen MR) is 76.4 cm³/mol. The Labute approximate surface area is 113 Å². The maximum atomic E-state index is 11.3. The Kier molecular flexibility index (Phi) is 5.95.